The molecule has 1 aliphatic carbocycles. The van der Waals surface area contributed by atoms with E-state index in [0.717, 1.165) is 6.42 Å². The molecule has 3 atom stereocenters. The van der Waals surface area contributed by atoms with Gasteiger partial charge >= 0.3 is 0 Å². The maximum atomic E-state index is 12.8. The van der Waals surface area contributed by atoms with Gasteiger partial charge in [0.05, 0.1) is 16.6 Å². The van der Waals surface area contributed by atoms with Crippen LogP contribution in [-0.2, 0) is 4.79 Å². The van der Waals surface area contributed by atoms with Crippen molar-refractivity contribution in [1.29, 1.82) is 0 Å². The van der Waals surface area contributed by atoms with Gasteiger partial charge in [-0.3, -0.25) is 4.79 Å². The predicted octanol–water partition coefficient (Wildman–Crippen LogP) is 2.18. The van der Waals surface area contributed by atoms with Crippen LogP contribution in [-0.4, -0.2) is 45.3 Å². The summed E-state index contributed by atoms with van der Waals surface area (Å²) in [5, 5.41) is 21.0. The number of hydrogen-bond acceptors (Lipinski definition) is 3. The Bertz CT molecular complexity index is 355. The van der Waals surface area contributed by atoms with E-state index < -0.39 is 16.6 Å². The minimum Gasteiger partial charge on any atom is -0.390 e. The minimum atomic E-state index is -1.08. The zero-order valence-corrected chi connectivity index (χ0v) is 13.9. The summed E-state index contributed by atoms with van der Waals surface area (Å²) in [7, 11) is 0. The summed E-state index contributed by atoms with van der Waals surface area (Å²) >= 11 is 0. The van der Waals surface area contributed by atoms with E-state index in [1.807, 2.05) is 20.8 Å². The predicted molar refractivity (Wildman–Crippen MR) is 80.3 cm³/mol. The molecule has 0 saturated heterocycles. The first kappa shape index (κ1) is 17.4. The molecule has 0 aromatic rings. The second-order valence-electron chi connectivity index (χ2n) is 7.21. The SMILES string of the molecule is CCN(CC)C(=O)[C@]1(C)CC[C@@H](CC(C)(C)O)[C@]1(C)O. The van der Waals surface area contributed by atoms with E-state index in [4.69, 9.17) is 0 Å². The van der Waals surface area contributed by atoms with Crippen molar-refractivity contribution in [3.05, 3.63) is 0 Å². The highest BCUT2D eigenvalue weighted by atomic mass is 16.3. The fraction of sp³-hybridized carbons (Fsp3) is 0.938. The standard InChI is InChI=1S/C16H31NO3/c1-7-17(8-2)13(18)15(5)10-9-12(16(15,6)20)11-14(3,4)19/h12,19-20H,7-11H2,1-6H3/t12-,15-,16-/m0/s1. The zero-order chi connectivity index (χ0) is 15.8. The molecule has 1 amide bonds. The molecule has 1 rings (SSSR count). The van der Waals surface area contributed by atoms with Crippen LogP contribution in [0.5, 0.6) is 0 Å². The Labute approximate surface area is 123 Å². The maximum absolute atomic E-state index is 12.8. The molecule has 0 bridgehead atoms. The van der Waals surface area contributed by atoms with E-state index in [9.17, 15) is 15.0 Å². The van der Waals surface area contributed by atoms with Crippen LogP contribution in [0.4, 0.5) is 0 Å². The fourth-order valence-corrected chi connectivity index (χ4v) is 3.53. The first-order valence-electron chi connectivity index (χ1n) is 7.73. The van der Waals surface area contributed by atoms with Crippen molar-refractivity contribution in [3.63, 3.8) is 0 Å². The highest BCUT2D eigenvalue weighted by Crippen LogP contribution is 2.52. The summed E-state index contributed by atoms with van der Waals surface area (Å²) in [6.07, 6.45) is 1.97. The van der Waals surface area contributed by atoms with Crippen molar-refractivity contribution in [2.75, 3.05) is 13.1 Å². The number of aliphatic hydroxyl groups is 2. The number of carbonyl (C=O) groups is 1. The number of amides is 1. The van der Waals surface area contributed by atoms with Crippen LogP contribution < -0.4 is 0 Å². The van der Waals surface area contributed by atoms with Gasteiger partial charge in [0.15, 0.2) is 0 Å². The van der Waals surface area contributed by atoms with Gasteiger partial charge in [0.2, 0.25) is 5.91 Å². The molecule has 1 saturated carbocycles. The number of rotatable bonds is 5. The lowest BCUT2D eigenvalue weighted by Crippen LogP contribution is -2.54. The molecular weight excluding hydrogens is 254 g/mol. The van der Waals surface area contributed by atoms with Crippen molar-refractivity contribution in [3.8, 4) is 0 Å². The van der Waals surface area contributed by atoms with Gasteiger partial charge in [-0.2, -0.15) is 0 Å². The molecule has 0 heterocycles. The van der Waals surface area contributed by atoms with Gasteiger partial charge in [-0.05, 0) is 66.7 Å². The normalized spacial score (nSPS) is 34.3. The topological polar surface area (TPSA) is 60.8 Å². The van der Waals surface area contributed by atoms with Crippen molar-refractivity contribution in [2.45, 2.75) is 72.0 Å². The van der Waals surface area contributed by atoms with Crippen LogP contribution in [0.15, 0.2) is 0 Å². The van der Waals surface area contributed by atoms with Crippen LogP contribution in [0.3, 0.4) is 0 Å². The molecule has 20 heavy (non-hydrogen) atoms. The Hall–Kier alpha value is -0.610. The molecule has 2 N–H and O–H groups in total. The van der Waals surface area contributed by atoms with E-state index in [1.165, 1.54) is 0 Å². The third-order valence-corrected chi connectivity index (χ3v) is 5.17. The minimum absolute atomic E-state index is 0.0331. The Morgan fingerprint density at radius 2 is 1.80 bits per heavy atom. The van der Waals surface area contributed by atoms with Crippen LogP contribution >= 0.6 is 0 Å². The van der Waals surface area contributed by atoms with Crippen LogP contribution in [0.1, 0.15) is 60.8 Å². The molecule has 118 valence electrons. The number of nitrogens with zero attached hydrogens (tertiary/aromatic N) is 1. The lowest BCUT2D eigenvalue weighted by molar-refractivity contribution is -0.158. The van der Waals surface area contributed by atoms with Gasteiger partial charge < -0.3 is 15.1 Å². The summed E-state index contributed by atoms with van der Waals surface area (Å²) in [5.41, 5.74) is -2.65. The Morgan fingerprint density at radius 1 is 1.30 bits per heavy atom. The summed E-state index contributed by atoms with van der Waals surface area (Å²) in [4.78, 5) is 14.6. The van der Waals surface area contributed by atoms with E-state index in [-0.39, 0.29) is 11.8 Å². The van der Waals surface area contributed by atoms with Crippen molar-refractivity contribution in [1.82, 2.24) is 4.90 Å². The summed E-state index contributed by atoms with van der Waals surface area (Å²) in [6, 6.07) is 0. The van der Waals surface area contributed by atoms with Crippen LogP contribution in [0, 0.1) is 11.3 Å². The first-order valence-corrected chi connectivity index (χ1v) is 7.73. The first-order chi connectivity index (χ1) is 8.99. The fourth-order valence-electron chi connectivity index (χ4n) is 3.53. The molecule has 0 aromatic carbocycles. The lowest BCUT2D eigenvalue weighted by atomic mass is 9.71. The molecule has 0 spiro atoms. The van der Waals surface area contributed by atoms with Gasteiger partial charge in [0, 0.05) is 13.1 Å². The molecule has 0 unspecified atom stereocenters. The molecule has 0 aromatic heterocycles. The molecule has 1 fully saturated rings. The highest BCUT2D eigenvalue weighted by molar-refractivity contribution is 5.84. The average molecular weight is 285 g/mol. The van der Waals surface area contributed by atoms with Gasteiger partial charge in [0.1, 0.15) is 0 Å². The van der Waals surface area contributed by atoms with Gasteiger partial charge in [-0.1, -0.05) is 0 Å². The third-order valence-electron chi connectivity index (χ3n) is 5.17. The van der Waals surface area contributed by atoms with Gasteiger partial charge in [0.25, 0.3) is 0 Å². The van der Waals surface area contributed by atoms with Gasteiger partial charge in [-0.15, -0.1) is 0 Å². The second-order valence-corrected chi connectivity index (χ2v) is 7.21. The third kappa shape index (κ3) is 3.01. The van der Waals surface area contributed by atoms with Crippen molar-refractivity contribution >= 4 is 5.91 Å². The Balaban J connectivity index is 3.00. The Kier molecular flexibility index (Phi) is 4.92. The second kappa shape index (κ2) is 5.64. The number of hydrogen-bond donors (Lipinski definition) is 2. The zero-order valence-electron chi connectivity index (χ0n) is 13.9. The smallest absolute Gasteiger partial charge is 0.231 e. The maximum Gasteiger partial charge on any atom is 0.231 e. The van der Waals surface area contributed by atoms with E-state index in [2.05, 4.69) is 0 Å². The quantitative estimate of drug-likeness (QED) is 0.814. The molecule has 4 nitrogen and oxygen atoms in total. The Morgan fingerprint density at radius 3 is 2.20 bits per heavy atom. The number of carbonyl (C=O) groups excluding carboxylic acids is 1. The largest absolute Gasteiger partial charge is 0.390 e. The molecule has 0 radical (unpaired) electrons. The van der Waals surface area contributed by atoms with E-state index in [0.29, 0.717) is 25.9 Å². The molecule has 1 aliphatic rings. The molecule has 4 heteroatoms. The summed E-state index contributed by atoms with van der Waals surface area (Å²) < 4.78 is 0. The van der Waals surface area contributed by atoms with Crippen LogP contribution in [0.2, 0.25) is 0 Å². The van der Waals surface area contributed by atoms with Crippen molar-refractivity contribution in [2.24, 2.45) is 11.3 Å². The average Bonchev–Trinajstić information content (AvgIpc) is 2.53. The molecular formula is C16H31NO3. The van der Waals surface area contributed by atoms with Gasteiger partial charge in [-0.25, -0.2) is 0 Å². The lowest BCUT2D eigenvalue weighted by Gasteiger charge is -2.42. The van der Waals surface area contributed by atoms with Crippen LogP contribution in [0.25, 0.3) is 0 Å². The monoisotopic (exact) mass is 285 g/mol. The highest BCUT2D eigenvalue weighted by Gasteiger charge is 2.59. The van der Waals surface area contributed by atoms with E-state index >= 15 is 0 Å². The summed E-state index contributed by atoms with van der Waals surface area (Å²) in [5.74, 6) is -0.0160. The summed E-state index contributed by atoms with van der Waals surface area (Å²) in [6.45, 7) is 12.4. The van der Waals surface area contributed by atoms with Crippen molar-refractivity contribution < 1.29 is 15.0 Å². The molecule has 0 aliphatic heterocycles. The van der Waals surface area contributed by atoms with E-state index in [1.54, 1.807) is 25.7 Å².